The molecule has 5 nitrogen and oxygen atoms in total. The summed E-state index contributed by atoms with van der Waals surface area (Å²) in [6.45, 7) is 3.94. The molecule has 1 heterocycles. The van der Waals surface area contributed by atoms with E-state index in [1.807, 2.05) is 25.1 Å². The highest BCUT2D eigenvalue weighted by molar-refractivity contribution is 7.90. The Morgan fingerprint density at radius 1 is 1.17 bits per heavy atom. The van der Waals surface area contributed by atoms with Crippen LogP contribution in [0.4, 0.5) is 0 Å². The van der Waals surface area contributed by atoms with Gasteiger partial charge in [0.25, 0.3) is 0 Å². The van der Waals surface area contributed by atoms with Crippen molar-refractivity contribution in [3.8, 4) is 0 Å². The van der Waals surface area contributed by atoms with Gasteiger partial charge in [-0.2, -0.15) is 0 Å². The Kier molecular flexibility index (Phi) is 5.87. The molecule has 0 aliphatic heterocycles. The van der Waals surface area contributed by atoms with Gasteiger partial charge in [-0.3, -0.25) is 9.88 Å². The third kappa shape index (κ3) is 5.13. The summed E-state index contributed by atoms with van der Waals surface area (Å²) in [5.74, 6) is 0. The highest BCUT2D eigenvalue weighted by Gasteiger charge is 2.14. The van der Waals surface area contributed by atoms with Crippen LogP contribution < -0.4 is 0 Å². The predicted octanol–water partition coefficient (Wildman–Crippen LogP) is 2.04. The molecule has 0 saturated heterocycles. The van der Waals surface area contributed by atoms with E-state index in [2.05, 4.69) is 9.88 Å². The van der Waals surface area contributed by atoms with Crippen molar-refractivity contribution in [1.82, 2.24) is 9.88 Å². The van der Waals surface area contributed by atoms with Crippen LogP contribution in [0.1, 0.15) is 24.3 Å². The van der Waals surface area contributed by atoms with Gasteiger partial charge in [-0.1, -0.05) is 25.1 Å². The van der Waals surface area contributed by atoms with Gasteiger partial charge in [0.2, 0.25) is 0 Å². The quantitative estimate of drug-likeness (QED) is 0.839. The Morgan fingerprint density at radius 2 is 1.87 bits per heavy atom. The fraction of sp³-hybridized carbons (Fsp3) is 0.353. The second-order valence-electron chi connectivity index (χ2n) is 5.51. The van der Waals surface area contributed by atoms with E-state index < -0.39 is 15.9 Å². The number of pyridine rings is 1. The Morgan fingerprint density at radius 3 is 2.39 bits per heavy atom. The molecule has 0 spiro atoms. The average molecular weight is 334 g/mol. The number of hydrogen-bond acceptors (Lipinski definition) is 5. The molecule has 2 rings (SSSR count). The molecule has 0 fully saturated rings. The van der Waals surface area contributed by atoms with Gasteiger partial charge in [0.1, 0.15) is 0 Å². The van der Waals surface area contributed by atoms with Gasteiger partial charge in [0, 0.05) is 25.5 Å². The van der Waals surface area contributed by atoms with Crippen molar-refractivity contribution in [2.75, 3.05) is 19.3 Å². The molecule has 0 aliphatic carbocycles. The summed E-state index contributed by atoms with van der Waals surface area (Å²) in [5, 5.41) is 10.4. The second kappa shape index (κ2) is 7.68. The van der Waals surface area contributed by atoms with Crippen LogP contribution in [0.2, 0.25) is 0 Å². The SMILES string of the molecule is CCN(Cc1ccccn1)C[C@@H](O)c1ccc(S(C)(=O)=O)cc1. The third-order valence-corrected chi connectivity index (χ3v) is 4.81. The Balaban J connectivity index is 2.03. The van der Waals surface area contributed by atoms with Crippen molar-refractivity contribution in [2.24, 2.45) is 0 Å². The van der Waals surface area contributed by atoms with Crippen molar-refractivity contribution in [2.45, 2.75) is 24.5 Å². The zero-order valence-corrected chi connectivity index (χ0v) is 14.2. The highest BCUT2D eigenvalue weighted by Crippen LogP contribution is 2.18. The lowest BCUT2D eigenvalue weighted by molar-refractivity contribution is 0.111. The lowest BCUT2D eigenvalue weighted by Gasteiger charge is -2.23. The number of aromatic nitrogens is 1. The van der Waals surface area contributed by atoms with E-state index in [1.54, 1.807) is 18.3 Å². The minimum atomic E-state index is -3.21. The van der Waals surface area contributed by atoms with E-state index in [0.717, 1.165) is 12.2 Å². The summed E-state index contributed by atoms with van der Waals surface area (Å²) in [4.78, 5) is 6.65. The third-order valence-electron chi connectivity index (χ3n) is 3.68. The van der Waals surface area contributed by atoms with Crippen LogP contribution in [0.3, 0.4) is 0 Å². The van der Waals surface area contributed by atoms with Crippen molar-refractivity contribution in [1.29, 1.82) is 0 Å². The van der Waals surface area contributed by atoms with E-state index in [0.29, 0.717) is 18.7 Å². The largest absolute Gasteiger partial charge is 0.387 e. The maximum atomic E-state index is 11.5. The van der Waals surface area contributed by atoms with Crippen molar-refractivity contribution in [3.05, 3.63) is 59.9 Å². The predicted molar refractivity (Wildman–Crippen MR) is 89.7 cm³/mol. The van der Waals surface area contributed by atoms with Crippen molar-refractivity contribution in [3.63, 3.8) is 0 Å². The number of nitrogens with zero attached hydrogens (tertiary/aromatic N) is 2. The van der Waals surface area contributed by atoms with Crippen LogP contribution in [-0.2, 0) is 16.4 Å². The smallest absolute Gasteiger partial charge is 0.175 e. The van der Waals surface area contributed by atoms with E-state index >= 15 is 0 Å². The van der Waals surface area contributed by atoms with E-state index in [1.165, 1.54) is 18.4 Å². The van der Waals surface area contributed by atoms with E-state index in [4.69, 9.17) is 0 Å². The second-order valence-corrected chi connectivity index (χ2v) is 7.52. The molecule has 2 aromatic rings. The van der Waals surface area contributed by atoms with Gasteiger partial charge in [-0.25, -0.2) is 8.42 Å². The zero-order valence-electron chi connectivity index (χ0n) is 13.4. The molecule has 124 valence electrons. The van der Waals surface area contributed by atoms with Gasteiger partial charge < -0.3 is 5.11 Å². The highest BCUT2D eigenvalue weighted by atomic mass is 32.2. The maximum absolute atomic E-state index is 11.5. The number of aliphatic hydroxyl groups excluding tert-OH is 1. The summed E-state index contributed by atoms with van der Waals surface area (Å²) < 4.78 is 22.9. The monoisotopic (exact) mass is 334 g/mol. The first-order valence-electron chi connectivity index (χ1n) is 7.50. The molecular formula is C17H22N2O3S. The average Bonchev–Trinajstić information content (AvgIpc) is 2.54. The molecule has 0 radical (unpaired) electrons. The van der Waals surface area contributed by atoms with Crippen LogP contribution in [0.15, 0.2) is 53.6 Å². The lowest BCUT2D eigenvalue weighted by Crippen LogP contribution is -2.28. The fourth-order valence-corrected chi connectivity index (χ4v) is 2.94. The number of rotatable bonds is 7. The van der Waals surface area contributed by atoms with Crippen LogP contribution in [0, 0.1) is 0 Å². The standard InChI is InChI=1S/C17H22N2O3S/c1-3-19(12-15-6-4-5-11-18-15)13-17(20)14-7-9-16(10-8-14)23(2,21)22/h4-11,17,20H,3,12-13H2,1-2H3/t17-/m1/s1. The molecule has 1 atom stereocenters. The number of sulfone groups is 1. The van der Waals surface area contributed by atoms with Crippen molar-refractivity contribution >= 4 is 9.84 Å². The molecule has 0 amide bonds. The van der Waals surface area contributed by atoms with Crippen LogP contribution >= 0.6 is 0 Å². The van der Waals surface area contributed by atoms with Crippen LogP contribution in [-0.4, -0.2) is 42.8 Å². The molecule has 1 N–H and O–H groups in total. The van der Waals surface area contributed by atoms with Crippen LogP contribution in [0.25, 0.3) is 0 Å². The van der Waals surface area contributed by atoms with Gasteiger partial charge in [0.15, 0.2) is 9.84 Å². The molecule has 1 aromatic carbocycles. The Labute approximate surface area is 137 Å². The van der Waals surface area contributed by atoms with E-state index in [9.17, 15) is 13.5 Å². The summed E-state index contributed by atoms with van der Waals surface area (Å²) in [6, 6.07) is 12.2. The first kappa shape index (κ1) is 17.6. The number of hydrogen-bond donors (Lipinski definition) is 1. The summed E-state index contributed by atoms with van der Waals surface area (Å²) >= 11 is 0. The minimum absolute atomic E-state index is 0.259. The van der Waals surface area contributed by atoms with Gasteiger partial charge in [0.05, 0.1) is 16.7 Å². The topological polar surface area (TPSA) is 70.5 Å². The summed E-state index contributed by atoms with van der Waals surface area (Å²) in [5.41, 5.74) is 1.66. The summed E-state index contributed by atoms with van der Waals surface area (Å²) in [6.07, 6.45) is 2.25. The number of benzene rings is 1. The first-order chi connectivity index (χ1) is 10.9. The normalized spacial score (nSPS) is 13.2. The van der Waals surface area contributed by atoms with Gasteiger partial charge in [-0.15, -0.1) is 0 Å². The van der Waals surface area contributed by atoms with Gasteiger partial charge in [-0.05, 0) is 36.4 Å². The molecular weight excluding hydrogens is 312 g/mol. The number of likely N-dealkylation sites (N-methyl/N-ethyl adjacent to an activating group) is 1. The minimum Gasteiger partial charge on any atom is -0.387 e. The molecule has 0 unspecified atom stereocenters. The zero-order chi connectivity index (χ0) is 16.9. The molecule has 0 bridgehead atoms. The Hall–Kier alpha value is -1.76. The fourth-order valence-electron chi connectivity index (χ4n) is 2.31. The maximum Gasteiger partial charge on any atom is 0.175 e. The molecule has 0 aliphatic rings. The molecule has 6 heteroatoms. The lowest BCUT2D eigenvalue weighted by atomic mass is 10.1. The summed E-state index contributed by atoms with van der Waals surface area (Å²) in [7, 11) is -3.21. The Bertz CT molecular complexity index is 715. The van der Waals surface area contributed by atoms with Crippen LogP contribution in [0.5, 0.6) is 0 Å². The van der Waals surface area contributed by atoms with Gasteiger partial charge >= 0.3 is 0 Å². The van der Waals surface area contributed by atoms with Crippen molar-refractivity contribution < 1.29 is 13.5 Å². The molecule has 0 saturated carbocycles. The molecule has 23 heavy (non-hydrogen) atoms. The molecule has 1 aromatic heterocycles. The first-order valence-corrected chi connectivity index (χ1v) is 9.39. The number of aliphatic hydroxyl groups is 1. The van der Waals surface area contributed by atoms with E-state index in [-0.39, 0.29) is 4.90 Å².